The van der Waals surface area contributed by atoms with E-state index in [0.29, 0.717) is 5.69 Å². The average Bonchev–Trinajstić information content (AvgIpc) is 2.41. The second kappa shape index (κ2) is 4.96. The summed E-state index contributed by atoms with van der Waals surface area (Å²) < 4.78 is 5.75. The van der Waals surface area contributed by atoms with Crippen molar-refractivity contribution < 1.29 is 9.53 Å². The second-order valence-electron chi connectivity index (χ2n) is 5.20. The Morgan fingerprint density at radius 1 is 1.26 bits per heavy atom. The molecule has 3 rings (SSSR count). The van der Waals surface area contributed by atoms with Crippen LogP contribution in [-0.2, 0) is 4.74 Å². The van der Waals surface area contributed by atoms with Gasteiger partial charge in [-0.2, -0.15) is 11.8 Å². The number of nitrogens with two attached hydrogens (primary N) is 1. The Morgan fingerprint density at radius 3 is 2.68 bits per heavy atom. The maximum atomic E-state index is 12.2. The predicted octanol–water partition coefficient (Wildman–Crippen LogP) is 2.88. The number of carbonyl (C=O) groups excluding carboxylic acids is 1. The molecule has 4 nitrogen and oxygen atoms in total. The molecule has 1 unspecified atom stereocenters. The fourth-order valence-electron chi connectivity index (χ4n) is 2.69. The van der Waals surface area contributed by atoms with Crippen molar-refractivity contribution in [3.05, 3.63) is 24.3 Å². The number of rotatable bonds is 1. The summed E-state index contributed by atoms with van der Waals surface area (Å²) in [6, 6.07) is 7.35. The molecule has 2 aliphatic rings. The molecule has 1 spiro atoms. The lowest BCUT2D eigenvalue weighted by Crippen LogP contribution is -2.52. The highest BCUT2D eigenvalue weighted by atomic mass is 32.2. The number of ether oxygens (including phenoxy) is 1. The van der Waals surface area contributed by atoms with Crippen molar-refractivity contribution in [3.63, 3.8) is 0 Å². The van der Waals surface area contributed by atoms with E-state index in [-0.39, 0.29) is 11.7 Å². The molecule has 1 atom stereocenters. The van der Waals surface area contributed by atoms with E-state index in [0.717, 1.165) is 37.2 Å². The Hall–Kier alpha value is -1.36. The van der Waals surface area contributed by atoms with Crippen molar-refractivity contribution in [2.45, 2.75) is 24.9 Å². The minimum atomic E-state index is -0.224. The van der Waals surface area contributed by atoms with Gasteiger partial charge in [-0.3, -0.25) is 4.90 Å². The molecule has 19 heavy (non-hydrogen) atoms. The third-order valence-corrected chi connectivity index (χ3v) is 5.11. The van der Waals surface area contributed by atoms with E-state index in [1.807, 2.05) is 36.0 Å². The molecule has 0 aliphatic carbocycles. The monoisotopic (exact) mass is 278 g/mol. The molecule has 0 aromatic heterocycles. The highest BCUT2D eigenvalue weighted by Crippen LogP contribution is 2.37. The summed E-state index contributed by atoms with van der Waals surface area (Å²) in [6.45, 7) is 0.726. The van der Waals surface area contributed by atoms with Crippen LogP contribution in [-0.4, -0.2) is 29.7 Å². The van der Waals surface area contributed by atoms with Crippen LogP contribution in [0.3, 0.4) is 0 Å². The Bertz CT molecular complexity index is 469. The number of nitrogen functional groups attached to an aromatic ring is 1. The molecule has 0 radical (unpaired) electrons. The predicted molar refractivity (Wildman–Crippen MR) is 78.6 cm³/mol. The summed E-state index contributed by atoms with van der Waals surface area (Å²) in [5.41, 5.74) is 7.01. The minimum Gasteiger partial charge on any atom is -0.442 e. The summed E-state index contributed by atoms with van der Waals surface area (Å²) in [5.74, 6) is 2.12. The van der Waals surface area contributed by atoms with Crippen LogP contribution in [0.4, 0.5) is 16.2 Å². The third-order valence-electron chi connectivity index (χ3n) is 3.81. The molecular formula is C14H18N2O2S. The number of anilines is 2. The number of nitrogens with zero attached hydrogens (tertiary/aromatic N) is 1. The molecule has 1 amide bonds. The van der Waals surface area contributed by atoms with Crippen LogP contribution in [0, 0.1) is 0 Å². The van der Waals surface area contributed by atoms with Gasteiger partial charge in [0.1, 0.15) is 5.60 Å². The summed E-state index contributed by atoms with van der Waals surface area (Å²) in [7, 11) is 0. The molecule has 2 heterocycles. The van der Waals surface area contributed by atoms with Gasteiger partial charge in [-0.05, 0) is 42.9 Å². The van der Waals surface area contributed by atoms with Crippen molar-refractivity contribution >= 4 is 29.2 Å². The molecule has 5 heteroatoms. The van der Waals surface area contributed by atoms with E-state index >= 15 is 0 Å². The van der Waals surface area contributed by atoms with Gasteiger partial charge in [0, 0.05) is 30.1 Å². The lowest BCUT2D eigenvalue weighted by molar-refractivity contribution is 0.00465. The maximum absolute atomic E-state index is 12.2. The summed E-state index contributed by atoms with van der Waals surface area (Å²) in [5, 5.41) is 0. The van der Waals surface area contributed by atoms with Gasteiger partial charge >= 0.3 is 6.09 Å². The zero-order valence-electron chi connectivity index (χ0n) is 10.8. The van der Waals surface area contributed by atoms with Gasteiger partial charge in [0.15, 0.2) is 0 Å². The first-order chi connectivity index (χ1) is 9.19. The molecule has 0 saturated carbocycles. The van der Waals surface area contributed by atoms with Crippen molar-refractivity contribution in [1.29, 1.82) is 0 Å². The van der Waals surface area contributed by atoms with Crippen molar-refractivity contribution in [1.82, 2.24) is 0 Å². The quantitative estimate of drug-likeness (QED) is 0.803. The average molecular weight is 278 g/mol. The van der Waals surface area contributed by atoms with Gasteiger partial charge < -0.3 is 10.5 Å². The van der Waals surface area contributed by atoms with Gasteiger partial charge in [-0.1, -0.05) is 0 Å². The van der Waals surface area contributed by atoms with Crippen LogP contribution in [0.15, 0.2) is 24.3 Å². The molecule has 2 N–H and O–H groups in total. The Balaban J connectivity index is 1.74. The van der Waals surface area contributed by atoms with E-state index in [1.165, 1.54) is 5.75 Å². The van der Waals surface area contributed by atoms with E-state index in [2.05, 4.69) is 0 Å². The number of hydrogen-bond donors (Lipinski definition) is 1. The van der Waals surface area contributed by atoms with Gasteiger partial charge in [0.05, 0.1) is 0 Å². The van der Waals surface area contributed by atoms with Crippen molar-refractivity contribution in [2.75, 3.05) is 28.7 Å². The van der Waals surface area contributed by atoms with E-state index in [9.17, 15) is 4.79 Å². The molecule has 2 aliphatic heterocycles. The number of carbonyl (C=O) groups is 1. The molecule has 102 valence electrons. The lowest BCUT2D eigenvalue weighted by atomic mass is 9.94. The molecule has 0 bridgehead atoms. The van der Waals surface area contributed by atoms with Crippen LogP contribution in [0.1, 0.15) is 19.3 Å². The number of amides is 1. The Morgan fingerprint density at radius 2 is 2.05 bits per heavy atom. The first kappa shape index (κ1) is 12.7. The largest absolute Gasteiger partial charge is 0.442 e. The first-order valence-electron chi connectivity index (χ1n) is 6.62. The van der Waals surface area contributed by atoms with E-state index < -0.39 is 0 Å². The number of benzene rings is 1. The number of thioether (sulfide) groups is 1. The fraction of sp³-hybridized carbons (Fsp3) is 0.500. The van der Waals surface area contributed by atoms with Crippen LogP contribution in [0.2, 0.25) is 0 Å². The van der Waals surface area contributed by atoms with Gasteiger partial charge in [-0.25, -0.2) is 4.79 Å². The third kappa shape index (κ3) is 2.52. The zero-order chi connectivity index (χ0) is 13.3. The van der Waals surface area contributed by atoms with E-state index in [1.54, 1.807) is 4.90 Å². The van der Waals surface area contributed by atoms with Gasteiger partial charge in [0.25, 0.3) is 0 Å². The second-order valence-corrected chi connectivity index (χ2v) is 6.31. The normalized spacial score (nSPS) is 27.4. The Labute approximate surface area is 117 Å². The maximum Gasteiger partial charge on any atom is 0.414 e. The van der Waals surface area contributed by atoms with Gasteiger partial charge in [-0.15, -0.1) is 0 Å². The first-order valence-corrected chi connectivity index (χ1v) is 7.78. The standard InChI is InChI=1S/C14H18N2O2S/c15-11-2-4-12(5-3-11)16-8-7-14(18-13(16)17)6-1-9-19-10-14/h2-5H,1,6-10,15H2. The highest BCUT2D eigenvalue weighted by Gasteiger charge is 2.42. The summed E-state index contributed by atoms with van der Waals surface area (Å²) in [6.07, 6.45) is 2.83. The SMILES string of the molecule is Nc1ccc(N2CCC3(CCCSC3)OC2=O)cc1. The molecule has 1 aromatic carbocycles. The Kier molecular flexibility index (Phi) is 3.31. The fourth-order valence-corrected chi connectivity index (χ4v) is 3.90. The van der Waals surface area contributed by atoms with Crippen molar-refractivity contribution in [2.24, 2.45) is 0 Å². The van der Waals surface area contributed by atoms with Crippen molar-refractivity contribution in [3.8, 4) is 0 Å². The molecule has 1 aromatic rings. The molecule has 2 saturated heterocycles. The van der Waals surface area contributed by atoms with Gasteiger partial charge in [0.2, 0.25) is 0 Å². The molecular weight excluding hydrogens is 260 g/mol. The summed E-state index contributed by atoms with van der Waals surface area (Å²) in [4.78, 5) is 13.9. The van der Waals surface area contributed by atoms with E-state index in [4.69, 9.17) is 10.5 Å². The minimum absolute atomic E-state index is 0.218. The highest BCUT2D eigenvalue weighted by molar-refractivity contribution is 7.99. The van der Waals surface area contributed by atoms with Crippen LogP contribution >= 0.6 is 11.8 Å². The van der Waals surface area contributed by atoms with Crippen LogP contribution in [0.25, 0.3) is 0 Å². The smallest absolute Gasteiger partial charge is 0.414 e. The topological polar surface area (TPSA) is 55.6 Å². The summed E-state index contributed by atoms with van der Waals surface area (Å²) >= 11 is 1.89. The zero-order valence-corrected chi connectivity index (χ0v) is 11.6. The number of hydrogen-bond acceptors (Lipinski definition) is 4. The van der Waals surface area contributed by atoms with Crippen LogP contribution < -0.4 is 10.6 Å². The lowest BCUT2D eigenvalue weighted by Gasteiger charge is -2.43. The molecule has 2 fully saturated rings. The van der Waals surface area contributed by atoms with Crippen LogP contribution in [0.5, 0.6) is 0 Å².